The first-order valence-corrected chi connectivity index (χ1v) is 7.19. The van der Waals surface area contributed by atoms with E-state index in [-0.39, 0.29) is 0 Å². The second kappa shape index (κ2) is 4.70. The summed E-state index contributed by atoms with van der Waals surface area (Å²) in [5.74, 6) is 0.661. The third kappa shape index (κ3) is 2.26. The Morgan fingerprint density at radius 1 is 1.44 bits per heavy atom. The van der Waals surface area contributed by atoms with E-state index in [1.165, 1.54) is 4.88 Å². The van der Waals surface area contributed by atoms with Gasteiger partial charge in [0.2, 0.25) is 5.95 Å². The van der Waals surface area contributed by atoms with Crippen LogP contribution in [0.1, 0.15) is 10.6 Å². The highest BCUT2D eigenvalue weighted by Gasteiger charge is 2.05. The lowest BCUT2D eigenvalue weighted by Crippen LogP contribution is -1.99. The minimum Gasteiger partial charge on any atom is -0.348 e. The van der Waals surface area contributed by atoms with Gasteiger partial charge in [0.1, 0.15) is 0 Å². The van der Waals surface area contributed by atoms with Crippen LogP contribution in [-0.2, 0) is 6.54 Å². The maximum Gasteiger partial charge on any atom is 0.243 e. The van der Waals surface area contributed by atoms with Gasteiger partial charge >= 0.3 is 0 Å². The number of hydrogen-bond donors (Lipinski definition) is 1. The van der Waals surface area contributed by atoms with Crippen LogP contribution in [0.3, 0.4) is 0 Å². The Bertz CT molecular complexity index is 688. The van der Waals surface area contributed by atoms with Gasteiger partial charge in [0, 0.05) is 20.4 Å². The molecule has 0 aliphatic heterocycles. The summed E-state index contributed by atoms with van der Waals surface area (Å²) in [5.41, 5.74) is 1.94. The zero-order chi connectivity index (χ0) is 12.5. The summed E-state index contributed by atoms with van der Waals surface area (Å²) in [6, 6.07) is 8.05. The molecule has 0 aliphatic rings. The van der Waals surface area contributed by atoms with Crippen molar-refractivity contribution in [1.29, 1.82) is 0 Å². The second-order valence-electron chi connectivity index (χ2n) is 3.96. The number of aryl methyl sites for hydroxylation is 1. The molecule has 0 radical (unpaired) electrons. The average molecular weight is 323 g/mol. The number of pyridine rings is 1. The van der Waals surface area contributed by atoms with Crippen molar-refractivity contribution in [3.63, 3.8) is 0 Å². The van der Waals surface area contributed by atoms with Crippen LogP contribution in [0.15, 0.2) is 34.1 Å². The fraction of sp³-hybridized carbons (Fsp3) is 0.167. The molecule has 18 heavy (non-hydrogen) atoms. The summed E-state index contributed by atoms with van der Waals surface area (Å²) in [7, 11) is 0. The number of thiophene rings is 1. The number of halogens is 1. The van der Waals surface area contributed by atoms with E-state index < -0.39 is 0 Å². The first kappa shape index (κ1) is 11.7. The summed E-state index contributed by atoms with van der Waals surface area (Å²) in [5, 5.41) is 9.73. The van der Waals surface area contributed by atoms with Crippen molar-refractivity contribution in [2.24, 2.45) is 0 Å². The van der Waals surface area contributed by atoms with Crippen molar-refractivity contribution in [2.75, 3.05) is 5.32 Å². The third-order valence-electron chi connectivity index (χ3n) is 2.59. The molecule has 0 unspecified atom stereocenters. The lowest BCUT2D eigenvalue weighted by atomic mass is 10.4. The number of anilines is 1. The van der Waals surface area contributed by atoms with Crippen LogP contribution in [0.25, 0.3) is 5.65 Å². The van der Waals surface area contributed by atoms with Crippen molar-refractivity contribution in [3.8, 4) is 0 Å². The van der Waals surface area contributed by atoms with E-state index in [0.717, 1.165) is 22.4 Å². The topological polar surface area (TPSA) is 42.2 Å². The van der Waals surface area contributed by atoms with Crippen molar-refractivity contribution in [1.82, 2.24) is 14.6 Å². The first-order chi connectivity index (χ1) is 8.72. The fourth-order valence-electron chi connectivity index (χ4n) is 1.72. The van der Waals surface area contributed by atoms with Crippen LogP contribution in [0, 0.1) is 6.92 Å². The predicted octanol–water partition coefficient (Wildman–Crippen LogP) is 3.47. The van der Waals surface area contributed by atoms with Gasteiger partial charge in [-0.2, -0.15) is 4.98 Å². The number of hydrogen-bond acceptors (Lipinski definition) is 4. The third-order valence-corrected chi connectivity index (χ3v) is 4.29. The molecule has 4 nitrogen and oxygen atoms in total. The van der Waals surface area contributed by atoms with Crippen molar-refractivity contribution < 1.29 is 0 Å². The number of aromatic nitrogens is 3. The molecule has 3 heterocycles. The average Bonchev–Trinajstić information content (AvgIpc) is 2.93. The van der Waals surface area contributed by atoms with Gasteiger partial charge in [-0.3, -0.25) is 0 Å². The molecule has 0 bridgehead atoms. The van der Waals surface area contributed by atoms with E-state index >= 15 is 0 Å². The summed E-state index contributed by atoms with van der Waals surface area (Å²) in [4.78, 5) is 5.68. The number of rotatable bonds is 3. The highest BCUT2D eigenvalue weighted by atomic mass is 79.9. The van der Waals surface area contributed by atoms with Crippen molar-refractivity contribution in [3.05, 3.63) is 44.7 Å². The summed E-state index contributed by atoms with van der Waals surface area (Å²) in [6.07, 6.45) is 0. The maximum atomic E-state index is 4.43. The molecule has 0 spiro atoms. The molecule has 3 rings (SSSR count). The molecule has 0 saturated carbocycles. The Labute approximate surface area is 117 Å². The van der Waals surface area contributed by atoms with E-state index in [4.69, 9.17) is 0 Å². The summed E-state index contributed by atoms with van der Waals surface area (Å²) >= 11 is 5.15. The molecule has 1 N–H and O–H groups in total. The Hall–Kier alpha value is -1.40. The van der Waals surface area contributed by atoms with Crippen LogP contribution < -0.4 is 5.32 Å². The van der Waals surface area contributed by atoms with Crippen LogP contribution in [-0.4, -0.2) is 14.6 Å². The first-order valence-electron chi connectivity index (χ1n) is 5.51. The molecule has 0 amide bonds. The molecule has 3 aromatic rings. The minimum absolute atomic E-state index is 0.661. The van der Waals surface area contributed by atoms with Gasteiger partial charge in [-0.1, -0.05) is 6.07 Å². The molecule has 6 heteroatoms. The molecule has 0 aromatic carbocycles. The van der Waals surface area contributed by atoms with Gasteiger partial charge < -0.3 is 5.32 Å². The largest absolute Gasteiger partial charge is 0.348 e. The Kier molecular flexibility index (Phi) is 3.05. The van der Waals surface area contributed by atoms with Crippen LogP contribution in [0.2, 0.25) is 0 Å². The number of nitrogens with one attached hydrogen (secondary N) is 1. The second-order valence-corrected chi connectivity index (χ2v) is 5.87. The standard InChI is InChI=1S/C12H11BrN4S/c1-8-3-2-4-11-15-12(16-17(8)11)14-6-10-5-9(13)7-18-10/h2-5,7H,6H2,1H3,(H,14,16). The molecule has 0 fully saturated rings. The lowest BCUT2D eigenvalue weighted by molar-refractivity contribution is 0.910. The van der Waals surface area contributed by atoms with Gasteiger partial charge in [0.15, 0.2) is 5.65 Å². The van der Waals surface area contributed by atoms with Gasteiger partial charge in [0.25, 0.3) is 0 Å². The van der Waals surface area contributed by atoms with E-state index in [9.17, 15) is 0 Å². The van der Waals surface area contributed by atoms with Crippen LogP contribution in [0.4, 0.5) is 5.95 Å². The van der Waals surface area contributed by atoms with E-state index in [1.807, 2.05) is 29.6 Å². The van der Waals surface area contributed by atoms with E-state index in [1.54, 1.807) is 11.3 Å². The van der Waals surface area contributed by atoms with Gasteiger partial charge in [-0.15, -0.1) is 16.4 Å². The maximum absolute atomic E-state index is 4.43. The molecular weight excluding hydrogens is 312 g/mol. The molecule has 0 atom stereocenters. The monoisotopic (exact) mass is 322 g/mol. The lowest BCUT2D eigenvalue weighted by Gasteiger charge is -1.97. The zero-order valence-electron chi connectivity index (χ0n) is 9.72. The van der Waals surface area contributed by atoms with Crippen molar-refractivity contribution >= 4 is 38.9 Å². The molecule has 0 aliphatic carbocycles. The highest BCUT2D eigenvalue weighted by molar-refractivity contribution is 9.10. The quantitative estimate of drug-likeness (QED) is 0.802. The summed E-state index contributed by atoms with van der Waals surface area (Å²) < 4.78 is 2.95. The fourth-order valence-corrected chi connectivity index (χ4v) is 3.11. The predicted molar refractivity (Wildman–Crippen MR) is 77.1 cm³/mol. The highest BCUT2D eigenvalue weighted by Crippen LogP contribution is 2.20. The van der Waals surface area contributed by atoms with Gasteiger partial charge in [0.05, 0.1) is 6.54 Å². The van der Waals surface area contributed by atoms with Gasteiger partial charge in [-0.25, -0.2) is 4.52 Å². The Morgan fingerprint density at radius 3 is 3.06 bits per heavy atom. The minimum atomic E-state index is 0.661. The number of nitrogens with zero attached hydrogens (tertiary/aromatic N) is 3. The van der Waals surface area contributed by atoms with E-state index in [0.29, 0.717) is 5.95 Å². The van der Waals surface area contributed by atoms with Gasteiger partial charge in [-0.05, 0) is 41.1 Å². The zero-order valence-corrected chi connectivity index (χ0v) is 12.1. The number of fused-ring (bicyclic) bond motifs is 1. The normalized spacial score (nSPS) is 11.0. The summed E-state index contributed by atoms with van der Waals surface area (Å²) in [6.45, 7) is 2.76. The Morgan fingerprint density at radius 2 is 2.33 bits per heavy atom. The Balaban J connectivity index is 1.81. The van der Waals surface area contributed by atoms with Crippen LogP contribution in [0.5, 0.6) is 0 Å². The van der Waals surface area contributed by atoms with E-state index in [2.05, 4.69) is 42.8 Å². The van der Waals surface area contributed by atoms with Crippen LogP contribution >= 0.6 is 27.3 Å². The molecule has 92 valence electrons. The molecule has 0 saturated heterocycles. The molecular formula is C12H11BrN4S. The SMILES string of the molecule is Cc1cccc2nc(NCc3cc(Br)cs3)nn12. The molecule has 3 aromatic heterocycles. The smallest absolute Gasteiger partial charge is 0.243 e. The van der Waals surface area contributed by atoms with Crippen molar-refractivity contribution in [2.45, 2.75) is 13.5 Å².